The number of aromatic nitrogens is 1. The Labute approximate surface area is 158 Å². The summed E-state index contributed by atoms with van der Waals surface area (Å²) in [7, 11) is 2.13. The Hall–Kier alpha value is -2.41. The van der Waals surface area contributed by atoms with E-state index in [0.29, 0.717) is 0 Å². The summed E-state index contributed by atoms with van der Waals surface area (Å²) in [6.07, 6.45) is 4.39. The van der Waals surface area contributed by atoms with Gasteiger partial charge in [-0.2, -0.15) is 0 Å². The van der Waals surface area contributed by atoms with E-state index < -0.39 is 0 Å². The standard InChI is InChI=1S/C25H30N/c1-6-25(4,7-2)23-18-21(20-13-9-8-10-14-20)19(3)17-22(23)24-15-11-12-16-26(24)5/h8-18H,6-7H2,1-5H3/q+1. The molecule has 1 heterocycles. The molecule has 0 saturated carbocycles. The number of hydrogen-bond donors (Lipinski definition) is 0. The summed E-state index contributed by atoms with van der Waals surface area (Å²) in [6, 6.07) is 22.0. The molecule has 3 aromatic rings. The molecule has 3 rings (SSSR count). The summed E-state index contributed by atoms with van der Waals surface area (Å²) >= 11 is 0. The monoisotopic (exact) mass is 344 g/mol. The zero-order chi connectivity index (χ0) is 18.7. The van der Waals surface area contributed by atoms with Crippen molar-refractivity contribution in [3.8, 4) is 22.4 Å². The van der Waals surface area contributed by atoms with Crippen LogP contribution in [0.25, 0.3) is 22.4 Å². The van der Waals surface area contributed by atoms with E-state index in [9.17, 15) is 0 Å². The van der Waals surface area contributed by atoms with E-state index in [2.05, 4.69) is 106 Å². The minimum Gasteiger partial charge on any atom is -0.201 e. The van der Waals surface area contributed by atoms with Crippen LogP contribution in [0.5, 0.6) is 0 Å². The van der Waals surface area contributed by atoms with Crippen LogP contribution in [0.3, 0.4) is 0 Å². The van der Waals surface area contributed by atoms with Crippen molar-refractivity contribution in [2.45, 2.75) is 46.0 Å². The molecule has 0 spiro atoms. The molecular formula is C25H30N+. The smallest absolute Gasteiger partial charge is 0.201 e. The first-order valence-corrected chi connectivity index (χ1v) is 9.65. The third-order valence-corrected chi connectivity index (χ3v) is 5.99. The van der Waals surface area contributed by atoms with Crippen molar-refractivity contribution in [1.29, 1.82) is 0 Å². The quantitative estimate of drug-likeness (QED) is 0.483. The van der Waals surface area contributed by atoms with Gasteiger partial charge in [-0.05, 0) is 65.6 Å². The van der Waals surface area contributed by atoms with Crippen LogP contribution in [-0.2, 0) is 12.5 Å². The van der Waals surface area contributed by atoms with Crippen LogP contribution >= 0.6 is 0 Å². The molecule has 0 radical (unpaired) electrons. The van der Waals surface area contributed by atoms with Crippen LogP contribution in [0, 0.1) is 6.92 Å². The topological polar surface area (TPSA) is 3.88 Å². The van der Waals surface area contributed by atoms with Gasteiger partial charge in [-0.3, -0.25) is 0 Å². The Morgan fingerprint density at radius 2 is 1.50 bits per heavy atom. The molecule has 0 amide bonds. The fraction of sp³-hybridized carbons (Fsp3) is 0.320. The van der Waals surface area contributed by atoms with E-state index in [1.54, 1.807) is 0 Å². The Kier molecular flexibility index (Phi) is 5.27. The summed E-state index contributed by atoms with van der Waals surface area (Å²) < 4.78 is 2.23. The summed E-state index contributed by atoms with van der Waals surface area (Å²) in [4.78, 5) is 0. The molecule has 1 heteroatoms. The third kappa shape index (κ3) is 3.31. The van der Waals surface area contributed by atoms with E-state index in [-0.39, 0.29) is 5.41 Å². The molecule has 0 N–H and O–H groups in total. The predicted octanol–water partition coefficient (Wildman–Crippen LogP) is 6.23. The van der Waals surface area contributed by atoms with Gasteiger partial charge in [0.05, 0.1) is 5.56 Å². The Morgan fingerprint density at radius 3 is 2.12 bits per heavy atom. The maximum Gasteiger partial charge on any atom is 0.212 e. The number of hydrogen-bond acceptors (Lipinski definition) is 0. The number of nitrogens with zero attached hydrogens (tertiary/aromatic N) is 1. The van der Waals surface area contributed by atoms with Crippen molar-refractivity contribution in [2.75, 3.05) is 0 Å². The lowest BCUT2D eigenvalue weighted by Gasteiger charge is -2.30. The largest absolute Gasteiger partial charge is 0.212 e. The molecule has 0 aliphatic heterocycles. The number of pyridine rings is 1. The summed E-state index contributed by atoms with van der Waals surface area (Å²) in [5.74, 6) is 0. The SMILES string of the molecule is CCC(C)(CC)c1cc(-c2ccccc2)c(C)cc1-c1cccc[n+]1C. The molecule has 134 valence electrons. The van der Waals surface area contributed by atoms with Gasteiger partial charge in [0.15, 0.2) is 6.20 Å². The van der Waals surface area contributed by atoms with Crippen molar-refractivity contribution in [3.63, 3.8) is 0 Å². The Bertz CT molecular complexity index is 889. The second kappa shape index (κ2) is 7.45. The molecule has 0 fully saturated rings. The molecule has 0 unspecified atom stereocenters. The lowest BCUT2D eigenvalue weighted by Crippen LogP contribution is -2.31. The summed E-state index contributed by atoms with van der Waals surface area (Å²) in [5.41, 5.74) is 8.22. The first kappa shape index (κ1) is 18.4. The molecule has 0 aliphatic rings. The highest BCUT2D eigenvalue weighted by atomic mass is 14.9. The van der Waals surface area contributed by atoms with Gasteiger partial charge in [-0.15, -0.1) is 0 Å². The van der Waals surface area contributed by atoms with Gasteiger partial charge in [0.2, 0.25) is 5.69 Å². The molecular weight excluding hydrogens is 314 g/mol. The van der Waals surface area contributed by atoms with Gasteiger partial charge >= 0.3 is 0 Å². The van der Waals surface area contributed by atoms with Crippen molar-refractivity contribution in [1.82, 2.24) is 0 Å². The lowest BCUT2D eigenvalue weighted by atomic mass is 9.73. The summed E-state index contributed by atoms with van der Waals surface area (Å²) in [6.45, 7) is 9.24. The Balaban J connectivity index is 2.31. The molecule has 1 nitrogen and oxygen atoms in total. The van der Waals surface area contributed by atoms with Crippen LogP contribution < -0.4 is 4.57 Å². The minimum atomic E-state index is 0.162. The number of aryl methyl sites for hydroxylation is 2. The fourth-order valence-electron chi connectivity index (χ4n) is 3.78. The van der Waals surface area contributed by atoms with Crippen molar-refractivity contribution in [2.24, 2.45) is 7.05 Å². The van der Waals surface area contributed by atoms with Gasteiger partial charge < -0.3 is 0 Å². The molecule has 0 bridgehead atoms. The van der Waals surface area contributed by atoms with E-state index in [1.807, 2.05) is 0 Å². The highest BCUT2D eigenvalue weighted by Gasteiger charge is 2.29. The van der Waals surface area contributed by atoms with E-state index in [1.165, 1.54) is 33.5 Å². The maximum atomic E-state index is 2.44. The van der Waals surface area contributed by atoms with Crippen molar-refractivity contribution < 1.29 is 4.57 Å². The van der Waals surface area contributed by atoms with Crippen LogP contribution in [-0.4, -0.2) is 0 Å². The molecule has 0 atom stereocenters. The predicted molar refractivity (Wildman–Crippen MR) is 111 cm³/mol. The minimum absolute atomic E-state index is 0.162. The fourth-order valence-corrected chi connectivity index (χ4v) is 3.78. The van der Waals surface area contributed by atoms with Gasteiger partial charge in [0.1, 0.15) is 7.05 Å². The van der Waals surface area contributed by atoms with Crippen LogP contribution in [0.15, 0.2) is 66.9 Å². The first-order chi connectivity index (χ1) is 12.5. The van der Waals surface area contributed by atoms with Crippen molar-refractivity contribution in [3.05, 3.63) is 78.0 Å². The average molecular weight is 345 g/mol. The number of benzene rings is 2. The molecule has 0 saturated heterocycles. The molecule has 0 aliphatic carbocycles. The second-order valence-corrected chi connectivity index (χ2v) is 7.54. The van der Waals surface area contributed by atoms with E-state index in [0.717, 1.165) is 12.8 Å². The lowest BCUT2D eigenvalue weighted by molar-refractivity contribution is -0.660. The first-order valence-electron chi connectivity index (χ1n) is 9.65. The molecule has 1 aromatic heterocycles. The maximum absolute atomic E-state index is 2.44. The number of rotatable bonds is 5. The Morgan fingerprint density at radius 1 is 0.846 bits per heavy atom. The van der Waals surface area contributed by atoms with Gasteiger partial charge in [-0.1, -0.05) is 51.1 Å². The molecule has 26 heavy (non-hydrogen) atoms. The highest BCUT2D eigenvalue weighted by molar-refractivity contribution is 5.75. The average Bonchev–Trinajstić information content (AvgIpc) is 2.68. The van der Waals surface area contributed by atoms with Gasteiger partial charge in [0.25, 0.3) is 0 Å². The van der Waals surface area contributed by atoms with E-state index in [4.69, 9.17) is 0 Å². The zero-order valence-corrected chi connectivity index (χ0v) is 16.7. The normalized spacial score (nSPS) is 11.6. The third-order valence-electron chi connectivity index (χ3n) is 5.99. The van der Waals surface area contributed by atoms with Crippen LogP contribution in [0.2, 0.25) is 0 Å². The van der Waals surface area contributed by atoms with Gasteiger partial charge in [-0.25, -0.2) is 4.57 Å². The highest BCUT2D eigenvalue weighted by Crippen LogP contribution is 2.40. The zero-order valence-electron chi connectivity index (χ0n) is 16.7. The van der Waals surface area contributed by atoms with Crippen LogP contribution in [0.1, 0.15) is 44.7 Å². The molecule has 2 aromatic carbocycles. The second-order valence-electron chi connectivity index (χ2n) is 7.54. The van der Waals surface area contributed by atoms with Gasteiger partial charge in [0, 0.05) is 12.1 Å². The van der Waals surface area contributed by atoms with E-state index >= 15 is 0 Å². The van der Waals surface area contributed by atoms with Crippen LogP contribution in [0.4, 0.5) is 0 Å². The summed E-state index contributed by atoms with van der Waals surface area (Å²) in [5, 5.41) is 0. The van der Waals surface area contributed by atoms with Crippen molar-refractivity contribution >= 4 is 0 Å².